The third-order valence-electron chi connectivity index (χ3n) is 6.18. The van der Waals surface area contributed by atoms with Crippen LogP contribution in [0.1, 0.15) is 103 Å². The number of nitrogens with two attached hydrogens (primary N) is 1. The first kappa shape index (κ1) is 21.6. The van der Waals surface area contributed by atoms with E-state index in [0.717, 1.165) is 32.5 Å². The van der Waals surface area contributed by atoms with Crippen LogP contribution < -0.4 is 5.73 Å². The summed E-state index contributed by atoms with van der Waals surface area (Å²) in [7, 11) is 0. The summed E-state index contributed by atoms with van der Waals surface area (Å²) in [6.45, 7) is 5.02. The van der Waals surface area contributed by atoms with E-state index in [1.165, 1.54) is 94.9 Å². The van der Waals surface area contributed by atoms with Crippen molar-refractivity contribution in [2.24, 2.45) is 27.6 Å². The second kappa shape index (κ2) is 13.5. The van der Waals surface area contributed by atoms with E-state index in [1.54, 1.807) is 0 Å². The lowest BCUT2D eigenvalue weighted by Gasteiger charge is -2.30. The van der Waals surface area contributed by atoms with Gasteiger partial charge >= 0.3 is 0 Å². The van der Waals surface area contributed by atoms with Crippen LogP contribution in [0.3, 0.4) is 0 Å². The van der Waals surface area contributed by atoms with Crippen molar-refractivity contribution in [2.45, 2.75) is 103 Å². The Morgan fingerprint density at radius 1 is 0.692 bits per heavy atom. The molecule has 2 aliphatic carbocycles. The Bertz CT molecular complexity index is 375. The molecule has 0 aromatic heterocycles. The zero-order valence-corrected chi connectivity index (χ0v) is 17.4. The molecule has 0 aliphatic heterocycles. The number of rotatable bonds is 11. The number of aliphatic imine (C=N–C) groups is 2. The zero-order valence-electron chi connectivity index (χ0n) is 17.4. The smallest absolute Gasteiger partial charge is 0.0592 e. The standard InChI is InChI=1S/C23H43N3/c1-2-3-11-18-25-22(20-13-6-4-7-14-20)23(26-19-12-10-17-24)21-15-8-5-9-16-21/h20-21H,2-19,24H2,1H3/b25-22+,26-23+. The molecule has 2 aliphatic rings. The summed E-state index contributed by atoms with van der Waals surface area (Å²) >= 11 is 0. The Labute approximate surface area is 162 Å². The molecule has 2 fully saturated rings. The molecule has 0 unspecified atom stereocenters. The van der Waals surface area contributed by atoms with Gasteiger partial charge in [0.25, 0.3) is 0 Å². The van der Waals surface area contributed by atoms with Gasteiger partial charge in [0.2, 0.25) is 0 Å². The van der Waals surface area contributed by atoms with Crippen molar-refractivity contribution in [3.05, 3.63) is 0 Å². The van der Waals surface area contributed by atoms with E-state index in [2.05, 4.69) is 6.92 Å². The topological polar surface area (TPSA) is 50.7 Å². The van der Waals surface area contributed by atoms with Crippen LogP contribution in [0, 0.1) is 11.8 Å². The molecule has 0 heterocycles. The minimum atomic E-state index is 0.675. The maximum Gasteiger partial charge on any atom is 0.0592 e. The van der Waals surface area contributed by atoms with Gasteiger partial charge in [-0.15, -0.1) is 0 Å². The fourth-order valence-electron chi connectivity index (χ4n) is 4.61. The quantitative estimate of drug-likeness (QED) is 0.358. The highest BCUT2D eigenvalue weighted by atomic mass is 14.8. The molecule has 0 radical (unpaired) electrons. The van der Waals surface area contributed by atoms with Crippen LogP contribution in [0.4, 0.5) is 0 Å². The second-order valence-corrected chi connectivity index (χ2v) is 8.41. The summed E-state index contributed by atoms with van der Waals surface area (Å²) in [6, 6.07) is 0. The van der Waals surface area contributed by atoms with Gasteiger partial charge in [-0.05, 0) is 51.5 Å². The first-order valence-electron chi connectivity index (χ1n) is 11.7. The molecule has 3 heteroatoms. The van der Waals surface area contributed by atoms with E-state index in [1.807, 2.05) is 0 Å². The van der Waals surface area contributed by atoms with Crippen LogP contribution in [0.15, 0.2) is 9.98 Å². The van der Waals surface area contributed by atoms with Gasteiger partial charge in [0.15, 0.2) is 0 Å². The molecular formula is C23H43N3. The number of hydrogen-bond donors (Lipinski definition) is 1. The first-order valence-corrected chi connectivity index (χ1v) is 11.7. The normalized spacial score (nSPS) is 21.3. The number of nitrogens with zero attached hydrogens (tertiary/aromatic N) is 2. The zero-order chi connectivity index (χ0) is 18.5. The van der Waals surface area contributed by atoms with Gasteiger partial charge in [-0.1, -0.05) is 58.3 Å². The molecule has 0 aromatic carbocycles. The van der Waals surface area contributed by atoms with E-state index in [9.17, 15) is 0 Å². The van der Waals surface area contributed by atoms with Gasteiger partial charge in [-0.25, -0.2) is 0 Å². The monoisotopic (exact) mass is 361 g/mol. The predicted octanol–water partition coefficient (Wildman–Crippen LogP) is 5.96. The predicted molar refractivity (Wildman–Crippen MR) is 116 cm³/mol. The van der Waals surface area contributed by atoms with Crippen molar-refractivity contribution < 1.29 is 0 Å². The largest absolute Gasteiger partial charge is 0.330 e. The summed E-state index contributed by atoms with van der Waals surface area (Å²) in [4.78, 5) is 10.4. The maximum atomic E-state index is 5.69. The molecule has 0 saturated heterocycles. The van der Waals surface area contributed by atoms with E-state index < -0.39 is 0 Å². The Balaban J connectivity index is 2.16. The van der Waals surface area contributed by atoms with Crippen LogP contribution in [0.2, 0.25) is 0 Å². The number of unbranched alkanes of at least 4 members (excludes halogenated alkanes) is 3. The average Bonchev–Trinajstić information content (AvgIpc) is 2.70. The van der Waals surface area contributed by atoms with Crippen LogP contribution >= 0.6 is 0 Å². The molecule has 0 atom stereocenters. The summed E-state index contributed by atoms with van der Waals surface area (Å²) in [5, 5.41) is 0. The van der Waals surface area contributed by atoms with Crippen LogP contribution in [-0.4, -0.2) is 31.1 Å². The molecule has 3 nitrogen and oxygen atoms in total. The van der Waals surface area contributed by atoms with Gasteiger partial charge in [0, 0.05) is 24.9 Å². The molecule has 26 heavy (non-hydrogen) atoms. The lowest BCUT2D eigenvalue weighted by atomic mass is 9.77. The molecule has 0 amide bonds. The van der Waals surface area contributed by atoms with Crippen molar-refractivity contribution >= 4 is 11.4 Å². The summed E-state index contributed by atoms with van der Waals surface area (Å²) in [5.74, 6) is 1.36. The lowest BCUT2D eigenvalue weighted by Crippen LogP contribution is -2.33. The van der Waals surface area contributed by atoms with Crippen molar-refractivity contribution in [2.75, 3.05) is 19.6 Å². The number of hydrogen-bond acceptors (Lipinski definition) is 3. The average molecular weight is 362 g/mol. The third kappa shape index (κ3) is 7.50. The highest BCUT2D eigenvalue weighted by Gasteiger charge is 2.28. The van der Waals surface area contributed by atoms with Crippen molar-refractivity contribution in [1.29, 1.82) is 0 Å². The van der Waals surface area contributed by atoms with Crippen molar-refractivity contribution in [3.63, 3.8) is 0 Å². The Hall–Kier alpha value is -0.700. The molecule has 150 valence electrons. The fourth-order valence-corrected chi connectivity index (χ4v) is 4.61. The lowest BCUT2D eigenvalue weighted by molar-refractivity contribution is 0.427. The van der Waals surface area contributed by atoms with E-state index in [4.69, 9.17) is 15.7 Å². The Morgan fingerprint density at radius 3 is 1.58 bits per heavy atom. The molecule has 2 saturated carbocycles. The summed E-state index contributed by atoms with van der Waals surface area (Å²) in [6.07, 6.45) is 19.7. The van der Waals surface area contributed by atoms with Gasteiger partial charge in [0.05, 0.1) is 11.4 Å². The van der Waals surface area contributed by atoms with E-state index in [-0.39, 0.29) is 0 Å². The van der Waals surface area contributed by atoms with Crippen molar-refractivity contribution in [1.82, 2.24) is 0 Å². The fraction of sp³-hybridized carbons (Fsp3) is 0.913. The van der Waals surface area contributed by atoms with Crippen LogP contribution in [-0.2, 0) is 0 Å². The first-order chi connectivity index (χ1) is 12.9. The molecule has 0 bridgehead atoms. The van der Waals surface area contributed by atoms with Crippen LogP contribution in [0.25, 0.3) is 0 Å². The third-order valence-corrected chi connectivity index (χ3v) is 6.18. The second-order valence-electron chi connectivity index (χ2n) is 8.41. The molecule has 0 aromatic rings. The molecule has 0 spiro atoms. The Morgan fingerprint density at radius 2 is 1.15 bits per heavy atom. The van der Waals surface area contributed by atoms with Crippen LogP contribution in [0.5, 0.6) is 0 Å². The Kier molecular flexibility index (Phi) is 11.2. The molecular weight excluding hydrogens is 318 g/mol. The van der Waals surface area contributed by atoms with Gasteiger partial charge < -0.3 is 5.73 Å². The molecule has 2 N–H and O–H groups in total. The van der Waals surface area contributed by atoms with Gasteiger partial charge in [-0.2, -0.15) is 0 Å². The van der Waals surface area contributed by atoms with E-state index >= 15 is 0 Å². The summed E-state index contributed by atoms with van der Waals surface area (Å²) in [5.41, 5.74) is 8.54. The maximum absolute atomic E-state index is 5.69. The highest BCUT2D eigenvalue weighted by molar-refractivity contribution is 6.43. The minimum absolute atomic E-state index is 0.675. The molecule has 2 rings (SSSR count). The van der Waals surface area contributed by atoms with Gasteiger partial charge in [-0.3, -0.25) is 9.98 Å². The van der Waals surface area contributed by atoms with E-state index in [0.29, 0.717) is 11.8 Å². The van der Waals surface area contributed by atoms with Gasteiger partial charge in [0.1, 0.15) is 0 Å². The highest BCUT2D eigenvalue weighted by Crippen LogP contribution is 2.31. The SMILES string of the molecule is CCCCC/N=C(/C(=N/CCCCN)C1CCCCC1)C1CCCCC1. The summed E-state index contributed by atoms with van der Waals surface area (Å²) < 4.78 is 0. The minimum Gasteiger partial charge on any atom is -0.330 e. The van der Waals surface area contributed by atoms with Crippen molar-refractivity contribution in [3.8, 4) is 0 Å².